The van der Waals surface area contributed by atoms with E-state index in [-0.39, 0.29) is 0 Å². The summed E-state index contributed by atoms with van der Waals surface area (Å²) in [4.78, 5) is 5.47. The number of aryl methyl sites for hydroxylation is 1. The fraction of sp³-hybridized carbons (Fsp3) is 0.227. The molecule has 172 valence electrons. The maximum atomic E-state index is 8.50. The van der Waals surface area contributed by atoms with Gasteiger partial charge in [-0.2, -0.15) is 0 Å². The number of pyridine rings is 1. The first-order valence-corrected chi connectivity index (χ1v) is 11.5. The summed E-state index contributed by atoms with van der Waals surface area (Å²) in [6.07, 6.45) is 3.43. The van der Waals surface area contributed by atoms with Gasteiger partial charge in [0.25, 0.3) is 0 Å². The quantitative estimate of drug-likeness (QED) is 0.171. The minimum Gasteiger partial charge on any atom is -0.497 e. The Labute approximate surface area is 197 Å². The lowest BCUT2D eigenvalue weighted by atomic mass is 10.2. The third-order valence-electron chi connectivity index (χ3n) is 4.02. The van der Waals surface area contributed by atoms with E-state index in [0.717, 1.165) is 20.5 Å². The van der Waals surface area contributed by atoms with Gasteiger partial charge in [-0.25, -0.2) is 11.3 Å². The van der Waals surface area contributed by atoms with E-state index in [4.69, 9.17) is 21.5 Å². The Kier molecular flexibility index (Phi) is 11.6. The van der Waals surface area contributed by atoms with Crippen LogP contribution >= 0.6 is 23.3 Å². The molecule has 0 amide bonds. The van der Waals surface area contributed by atoms with Gasteiger partial charge in [-0.15, -0.1) is 11.3 Å². The molecule has 32 heavy (non-hydrogen) atoms. The van der Waals surface area contributed by atoms with Crippen LogP contribution in [0.5, 0.6) is 5.75 Å². The summed E-state index contributed by atoms with van der Waals surface area (Å²) in [6, 6.07) is 17.9. The molecule has 1 aromatic carbocycles. The minimum absolute atomic E-state index is 0.369. The van der Waals surface area contributed by atoms with Crippen molar-refractivity contribution < 1.29 is 9.94 Å². The number of nitrogens with two attached hydrogens (primary N) is 2. The van der Waals surface area contributed by atoms with Crippen LogP contribution in [-0.2, 0) is 0 Å². The average Bonchev–Trinajstić information content (AvgIpc) is 3.28. The molecule has 0 spiro atoms. The molecule has 2 aromatic heterocycles. The maximum absolute atomic E-state index is 8.50. The van der Waals surface area contributed by atoms with Crippen LogP contribution < -0.4 is 26.5 Å². The van der Waals surface area contributed by atoms with Gasteiger partial charge in [0.05, 0.1) is 21.9 Å². The Morgan fingerprint density at radius 3 is 2.66 bits per heavy atom. The number of hydroxylamine groups is 1. The van der Waals surface area contributed by atoms with Gasteiger partial charge in [0, 0.05) is 37.7 Å². The summed E-state index contributed by atoms with van der Waals surface area (Å²) in [5.74, 6) is 6.61. The predicted octanol–water partition coefficient (Wildman–Crippen LogP) is 3.37. The summed E-state index contributed by atoms with van der Waals surface area (Å²) < 4.78 is 9.30. The topological polar surface area (TPSA) is 122 Å². The normalized spacial score (nSPS) is 10.9. The highest BCUT2D eigenvalue weighted by Gasteiger charge is 2.04. The molecular weight excluding hydrogens is 444 g/mol. The van der Waals surface area contributed by atoms with E-state index in [2.05, 4.69) is 28.8 Å². The lowest BCUT2D eigenvalue weighted by molar-refractivity contribution is 0.156. The van der Waals surface area contributed by atoms with E-state index >= 15 is 0 Å². The summed E-state index contributed by atoms with van der Waals surface area (Å²) in [5.41, 5.74) is 10.8. The minimum atomic E-state index is 0.369. The number of rotatable bonds is 10. The largest absolute Gasteiger partial charge is 0.497 e. The van der Waals surface area contributed by atoms with E-state index in [9.17, 15) is 0 Å². The Bertz CT molecular complexity index is 935. The molecule has 10 heteroatoms. The Morgan fingerprint density at radius 1 is 1.22 bits per heavy atom. The zero-order valence-corrected chi connectivity index (χ0v) is 19.8. The second-order valence-corrected chi connectivity index (χ2v) is 8.90. The Hall–Kier alpha value is -2.60. The first kappa shape index (κ1) is 25.7. The Morgan fingerprint density at radius 2 is 2.00 bits per heavy atom. The number of hydrazine groups is 1. The lowest BCUT2D eigenvalue weighted by Gasteiger charge is -2.14. The van der Waals surface area contributed by atoms with Gasteiger partial charge in [-0.3, -0.25) is 9.71 Å². The smallest absolute Gasteiger partial charge is 0.118 e. The number of aromatic nitrogens is 1. The van der Waals surface area contributed by atoms with Crippen LogP contribution in [0.2, 0.25) is 0 Å². The molecule has 0 atom stereocenters. The second-order valence-electron chi connectivity index (χ2n) is 6.62. The summed E-state index contributed by atoms with van der Waals surface area (Å²) in [6.45, 7) is 3.39. The molecule has 0 radical (unpaired) electrons. The molecule has 0 saturated carbocycles. The van der Waals surface area contributed by atoms with Gasteiger partial charge < -0.3 is 20.7 Å². The second kappa shape index (κ2) is 14.5. The van der Waals surface area contributed by atoms with Gasteiger partial charge in [-0.05, 0) is 55.3 Å². The van der Waals surface area contributed by atoms with Crippen molar-refractivity contribution in [2.75, 3.05) is 26.7 Å². The van der Waals surface area contributed by atoms with Crippen LogP contribution in [0.15, 0.2) is 76.9 Å². The van der Waals surface area contributed by atoms with Crippen molar-refractivity contribution in [3.63, 3.8) is 0 Å². The van der Waals surface area contributed by atoms with Crippen molar-refractivity contribution in [2.24, 2.45) is 11.6 Å². The van der Waals surface area contributed by atoms with Crippen LogP contribution in [0.25, 0.3) is 10.6 Å². The molecule has 7 N–H and O–H groups in total. The number of nitrogens with zero attached hydrogens (tertiary/aromatic N) is 2. The zero-order valence-electron chi connectivity index (χ0n) is 18.2. The van der Waals surface area contributed by atoms with Crippen molar-refractivity contribution in [2.45, 2.75) is 11.1 Å². The van der Waals surface area contributed by atoms with Crippen molar-refractivity contribution >= 4 is 23.3 Å². The zero-order chi connectivity index (χ0) is 23.2. The summed E-state index contributed by atoms with van der Waals surface area (Å²) in [7, 11) is 1.67. The first-order chi connectivity index (χ1) is 15.5. The van der Waals surface area contributed by atoms with E-state index in [1.54, 1.807) is 30.8 Å². The van der Waals surface area contributed by atoms with Gasteiger partial charge in [-0.1, -0.05) is 23.8 Å². The SMILES string of the molecule is COc1ccc(C)cc1.N/C(=C\N(N)CCNO)CNSc1ccc(-c2ccccn2)s1. The number of hydrogen-bond donors (Lipinski definition) is 5. The predicted molar refractivity (Wildman–Crippen MR) is 132 cm³/mol. The number of thiophene rings is 1. The molecule has 0 aliphatic rings. The lowest BCUT2D eigenvalue weighted by Crippen LogP contribution is -2.33. The molecule has 0 aliphatic heterocycles. The third kappa shape index (κ3) is 9.69. The van der Waals surface area contributed by atoms with Crippen LogP contribution in [0.4, 0.5) is 0 Å². The summed E-state index contributed by atoms with van der Waals surface area (Å²) in [5, 5.41) is 9.92. The summed E-state index contributed by atoms with van der Waals surface area (Å²) >= 11 is 3.19. The van der Waals surface area contributed by atoms with Crippen molar-refractivity contribution in [3.05, 3.63) is 78.3 Å². The number of ether oxygens (including phenoxy) is 1. The van der Waals surface area contributed by atoms with E-state index < -0.39 is 0 Å². The fourth-order valence-electron chi connectivity index (χ4n) is 2.39. The molecule has 0 saturated heterocycles. The molecule has 0 bridgehead atoms. The van der Waals surface area contributed by atoms with Crippen LogP contribution in [0.3, 0.4) is 0 Å². The number of benzene rings is 1. The van der Waals surface area contributed by atoms with E-state index in [0.29, 0.717) is 25.3 Å². The Balaban J connectivity index is 0.000000336. The fourth-order valence-corrected chi connectivity index (χ4v) is 4.23. The van der Waals surface area contributed by atoms with E-state index in [1.807, 2.05) is 47.9 Å². The highest BCUT2D eigenvalue weighted by Crippen LogP contribution is 2.31. The standard InChI is InChI=1S/C14H20N6OS2.C8H10O/c15-11(10-20(16)8-7-18-21)9-19-23-14-5-4-13(22-14)12-3-1-2-6-17-12;1-7-3-5-8(9-2)6-4-7/h1-6,10,18-19,21H,7-9,15-16H2;3-6H,1-2H3/b11-10-;. The van der Waals surface area contributed by atoms with E-state index in [1.165, 1.54) is 22.5 Å². The van der Waals surface area contributed by atoms with Crippen LogP contribution in [0, 0.1) is 6.92 Å². The number of nitrogens with one attached hydrogen (secondary N) is 2. The van der Waals surface area contributed by atoms with Crippen molar-refractivity contribution in [1.29, 1.82) is 0 Å². The maximum Gasteiger partial charge on any atom is 0.118 e. The van der Waals surface area contributed by atoms with Gasteiger partial charge in [0.2, 0.25) is 0 Å². The highest BCUT2D eigenvalue weighted by atomic mass is 32.2. The van der Waals surface area contributed by atoms with Gasteiger partial charge >= 0.3 is 0 Å². The molecule has 0 unspecified atom stereocenters. The molecule has 2 heterocycles. The van der Waals surface area contributed by atoms with Crippen LogP contribution in [-0.4, -0.2) is 41.9 Å². The average molecular weight is 475 g/mol. The third-order valence-corrected chi connectivity index (χ3v) is 6.05. The van der Waals surface area contributed by atoms with Gasteiger partial charge in [0.15, 0.2) is 0 Å². The first-order valence-electron chi connectivity index (χ1n) is 9.88. The highest BCUT2D eigenvalue weighted by molar-refractivity contribution is 7.99. The molecule has 3 rings (SSSR count). The molecule has 0 aliphatic carbocycles. The van der Waals surface area contributed by atoms with Crippen molar-refractivity contribution in [3.8, 4) is 16.3 Å². The number of hydrogen-bond acceptors (Lipinski definition) is 10. The number of methoxy groups -OCH3 is 1. The molecule has 0 fully saturated rings. The molecular formula is C22H30N6O2S2. The van der Waals surface area contributed by atoms with Gasteiger partial charge in [0.1, 0.15) is 5.75 Å². The monoisotopic (exact) mass is 474 g/mol. The molecule has 3 aromatic rings. The van der Waals surface area contributed by atoms with Crippen molar-refractivity contribution in [1.82, 2.24) is 20.2 Å². The molecule has 8 nitrogen and oxygen atoms in total. The van der Waals surface area contributed by atoms with Crippen LogP contribution in [0.1, 0.15) is 5.56 Å².